The summed E-state index contributed by atoms with van der Waals surface area (Å²) < 4.78 is 5.33. The summed E-state index contributed by atoms with van der Waals surface area (Å²) >= 11 is 0. The number of hydrogen-bond donors (Lipinski definition) is 1. The molecule has 4 heteroatoms. The summed E-state index contributed by atoms with van der Waals surface area (Å²) in [5, 5.41) is 2.93. The van der Waals surface area contributed by atoms with Gasteiger partial charge in [0.15, 0.2) is 0 Å². The molecule has 0 bridgehead atoms. The van der Waals surface area contributed by atoms with E-state index in [2.05, 4.69) is 10.3 Å². The summed E-state index contributed by atoms with van der Waals surface area (Å²) in [5.41, 5.74) is 2.66. The summed E-state index contributed by atoms with van der Waals surface area (Å²) in [6.07, 6.45) is 5.15. The third-order valence-corrected chi connectivity index (χ3v) is 3.57. The van der Waals surface area contributed by atoms with Gasteiger partial charge in [0.2, 0.25) is 0 Å². The van der Waals surface area contributed by atoms with Crippen molar-refractivity contribution in [1.29, 1.82) is 0 Å². The van der Waals surface area contributed by atoms with Crippen LogP contribution in [0.5, 0.6) is 0 Å². The fourth-order valence-electron chi connectivity index (χ4n) is 2.35. The predicted molar refractivity (Wildman–Crippen MR) is 89.0 cm³/mol. The van der Waals surface area contributed by atoms with Crippen LogP contribution < -0.4 is 5.32 Å². The molecule has 23 heavy (non-hydrogen) atoms. The van der Waals surface area contributed by atoms with Crippen molar-refractivity contribution in [3.63, 3.8) is 0 Å². The highest BCUT2D eigenvalue weighted by Crippen LogP contribution is 2.19. The third kappa shape index (κ3) is 4.07. The Labute approximate surface area is 135 Å². The molecule has 2 heterocycles. The minimum atomic E-state index is -0.0583. The number of hydrogen-bond acceptors (Lipinski definition) is 3. The Hall–Kier alpha value is -2.88. The molecule has 0 spiro atoms. The van der Waals surface area contributed by atoms with E-state index in [0.29, 0.717) is 12.1 Å². The maximum Gasteiger partial charge on any atom is 0.251 e. The second kappa shape index (κ2) is 7.40. The summed E-state index contributed by atoms with van der Waals surface area (Å²) in [4.78, 5) is 16.4. The number of furan rings is 1. The summed E-state index contributed by atoms with van der Waals surface area (Å²) in [7, 11) is 0. The monoisotopic (exact) mass is 306 g/mol. The maximum absolute atomic E-state index is 12.1. The van der Waals surface area contributed by atoms with Crippen LogP contribution in [-0.4, -0.2) is 17.4 Å². The standard InChI is InChI=1S/C19H18N2O2/c22-19(21-13-3-6-17-5-1-2-12-20-17)16-10-8-15(9-11-16)18-7-4-14-23-18/h1-2,4-5,7-12,14H,3,6,13H2,(H,21,22). The van der Waals surface area contributed by atoms with Crippen LogP contribution in [0.2, 0.25) is 0 Å². The average molecular weight is 306 g/mol. The van der Waals surface area contributed by atoms with E-state index in [9.17, 15) is 4.79 Å². The molecule has 0 saturated heterocycles. The molecule has 2 aromatic heterocycles. The van der Waals surface area contributed by atoms with Crippen LogP contribution >= 0.6 is 0 Å². The molecule has 0 fully saturated rings. The number of nitrogens with one attached hydrogen (secondary N) is 1. The number of nitrogens with zero attached hydrogens (tertiary/aromatic N) is 1. The van der Waals surface area contributed by atoms with Crippen LogP contribution in [0.4, 0.5) is 0 Å². The Morgan fingerprint density at radius 2 is 1.91 bits per heavy atom. The molecule has 3 rings (SSSR count). The number of aryl methyl sites for hydroxylation is 1. The topological polar surface area (TPSA) is 55.1 Å². The van der Waals surface area contributed by atoms with E-state index >= 15 is 0 Å². The number of aromatic nitrogens is 1. The van der Waals surface area contributed by atoms with Crippen molar-refractivity contribution in [2.24, 2.45) is 0 Å². The smallest absolute Gasteiger partial charge is 0.251 e. The summed E-state index contributed by atoms with van der Waals surface area (Å²) in [5.74, 6) is 0.740. The molecule has 0 aliphatic heterocycles. The predicted octanol–water partition coefficient (Wildman–Crippen LogP) is 3.70. The van der Waals surface area contributed by atoms with Crippen LogP contribution in [0, 0.1) is 0 Å². The molecule has 0 atom stereocenters. The Bertz CT molecular complexity index is 735. The van der Waals surface area contributed by atoms with E-state index in [1.165, 1.54) is 0 Å². The largest absolute Gasteiger partial charge is 0.464 e. The SMILES string of the molecule is O=C(NCCCc1ccccn1)c1ccc(-c2ccco2)cc1. The molecule has 4 nitrogen and oxygen atoms in total. The first-order valence-electron chi connectivity index (χ1n) is 7.65. The molecule has 0 aliphatic carbocycles. The van der Waals surface area contributed by atoms with Gasteiger partial charge in [-0.3, -0.25) is 9.78 Å². The van der Waals surface area contributed by atoms with Gasteiger partial charge in [0.25, 0.3) is 5.91 Å². The first-order chi connectivity index (χ1) is 11.3. The van der Waals surface area contributed by atoms with E-state index in [-0.39, 0.29) is 5.91 Å². The fraction of sp³-hybridized carbons (Fsp3) is 0.158. The van der Waals surface area contributed by atoms with Gasteiger partial charge in [0.1, 0.15) is 5.76 Å². The molecular formula is C19H18N2O2. The van der Waals surface area contributed by atoms with Gasteiger partial charge in [-0.2, -0.15) is 0 Å². The molecule has 0 unspecified atom stereocenters. The number of amides is 1. The van der Waals surface area contributed by atoms with E-state index < -0.39 is 0 Å². The van der Waals surface area contributed by atoms with Crippen molar-refractivity contribution in [3.8, 4) is 11.3 Å². The van der Waals surface area contributed by atoms with Crippen LogP contribution in [-0.2, 0) is 6.42 Å². The molecule has 1 aromatic carbocycles. The van der Waals surface area contributed by atoms with Gasteiger partial charge < -0.3 is 9.73 Å². The van der Waals surface area contributed by atoms with Crippen LogP contribution in [0.15, 0.2) is 71.5 Å². The Kier molecular flexibility index (Phi) is 4.84. The van der Waals surface area contributed by atoms with Crippen LogP contribution in [0.25, 0.3) is 11.3 Å². The van der Waals surface area contributed by atoms with Crippen molar-refractivity contribution >= 4 is 5.91 Å². The summed E-state index contributed by atoms with van der Waals surface area (Å²) in [6, 6.07) is 17.0. The Balaban J connectivity index is 1.48. The van der Waals surface area contributed by atoms with Gasteiger partial charge >= 0.3 is 0 Å². The Morgan fingerprint density at radius 1 is 1.04 bits per heavy atom. The third-order valence-electron chi connectivity index (χ3n) is 3.57. The zero-order chi connectivity index (χ0) is 15.9. The zero-order valence-corrected chi connectivity index (χ0v) is 12.7. The molecule has 0 aliphatic rings. The van der Waals surface area contributed by atoms with Gasteiger partial charge in [0, 0.05) is 29.6 Å². The Morgan fingerprint density at radius 3 is 2.61 bits per heavy atom. The van der Waals surface area contributed by atoms with E-state index in [4.69, 9.17) is 4.42 Å². The second-order valence-electron chi connectivity index (χ2n) is 5.24. The maximum atomic E-state index is 12.1. The lowest BCUT2D eigenvalue weighted by Crippen LogP contribution is -2.24. The summed E-state index contributed by atoms with van der Waals surface area (Å²) in [6.45, 7) is 0.634. The number of rotatable bonds is 6. The van der Waals surface area contributed by atoms with Gasteiger partial charge in [0.05, 0.1) is 6.26 Å². The highest BCUT2D eigenvalue weighted by Gasteiger charge is 2.06. The zero-order valence-electron chi connectivity index (χ0n) is 12.7. The van der Waals surface area contributed by atoms with Crippen molar-refractivity contribution in [2.75, 3.05) is 6.54 Å². The van der Waals surface area contributed by atoms with Crippen molar-refractivity contribution in [1.82, 2.24) is 10.3 Å². The minimum Gasteiger partial charge on any atom is -0.464 e. The fourth-order valence-corrected chi connectivity index (χ4v) is 2.35. The van der Waals surface area contributed by atoms with Gasteiger partial charge in [-0.15, -0.1) is 0 Å². The quantitative estimate of drug-likeness (QED) is 0.706. The number of carbonyl (C=O) groups is 1. The number of carbonyl (C=O) groups excluding carboxylic acids is 1. The van der Waals surface area contributed by atoms with Gasteiger partial charge in [-0.25, -0.2) is 0 Å². The normalized spacial score (nSPS) is 10.4. The number of benzene rings is 1. The minimum absolute atomic E-state index is 0.0583. The molecule has 0 radical (unpaired) electrons. The molecule has 1 amide bonds. The first-order valence-corrected chi connectivity index (χ1v) is 7.65. The molecular weight excluding hydrogens is 288 g/mol. The lowest BCUT2D eigenvalue weighted by atomic mass is 10.1. The van der Waals surface area contributed by atoms with Crippen molar-refractivity contribution < 1.29 is 9.21 Å². The van der Waals surface area contributed by atoms with E-state index in [0.717, 1.165) is 29.9 Å². The van der Waals surface area contributed by atoms with Crippen LogP contribution in [0.3, 0.4) is 0 Å². The van der Waals surface area contributed by atoms with E-state index in [1.54, 1.807) is 12.5 Å². The van der Waals surface area contributed by atoms with Crippen molar-refractivity contribution in [2.45, 2.75) is 12.8 Å². The number of pyridine rings is 1. The van der Waals surface area contributed by atoms with Crippen molar-refractivity contribution in [3.05, 3.63) is 78.3 Å². The highest BCUT2D eigenvalue weighted by atomic mass is 16.3. The molecule has 116 valence electrons. The molecule has 1 N–H and O–H groups in total. The average Bonchev–Trinajstić information content (AvgIpc) is 3.14. The van der Waals surface area contributed by atoms with Gasteiger partial charge in [-0.1, -0.05) is 18.2 Å². The second-order valence-corrected chi connectivity index (χ2v) is 5.24. The van der Waals surface area contributed by atoms with E-state index in [1.807, 2.05) is 54.6 Å². The molecule has 0 saturated carbocycles. The highest BCUT2D eigenvalue weighted by molar-refractivity contribution is 5.94. The van der Waals surface area contributed by atoms with Gasteiger partial charge in [-0.05, 0) is 49.2 Å². The molecule has 3 aromatic rings. The first kappa shape index (κ1) is 15.0. The lowest BCUT2D eigenvalue weighted by Gasteiger charge is -2.06. The lowest BCUT2D eigenvalue weighted by molar-refractivity contribution is 0.0953. The van der Waals surface area contributed by atoms with Crippen LogP contribution in [0.1, 0.15) is 22.5 Å².